The fourth-order valence-corrected chi connectivity index (χ4v) is 3.40. The Bertz CT molecular complexity index is 202. The quantitative estimate of drug-likeness (QED) is 0.600. The highest BCUT2D eigenvalue weighted by atomic mass is 14.9. The number of nitrogens with one attached hydrogen (secondary N) is 1. The monoisotopic (exact) mass is 253 g/mol. The Morgan fingerprint density at radius 1 is 1.00 bits per heavy atom. The van der Waals surface area contributed by atoms with Crippen molar-refractivity contribution in [2.75, 3.05) is 6.54 Å². The van der Waals surface area contributed by atoms with E-state index in [0.29, 0.717) is 0 Å². The normalized spacial score (nSPS) is 30.3. The Labute approximate surface area is 115 Å². The van der Waals surface area contributed by atoms with E-state index < -0.39 is 0 Å². The van der Waals surface area contributed by atoms with Gasteiger partial charge in [-0.2, -0.15) is 0 Å². The molecule has 18 heavy (non-hydrogen) atoms. The van der Waals surface area contributed by atoms with Gasteiger partial charge in [0.1, 0.15) is 0 Å². The van der Waals surface area contributed by atoms with Crippen LogP contribution in [0.1, 0.15) is 79.1 Å². The van der Waals surface area contributed by atoms with Crippen molar-refractivity contribution in [2.24, 2.45) is 17.8 Å². The number of rotatable bonds is 8. The topological polar surface area (TPSA) is 12.0 Å². The van der Waals surface area contributed by atoms with Crippen LogP contribution in [0.25, 0.3) is 0 Å². The molecule has 1 N–H and O–H groups in total. The summed E-state index contributed by atoms with van der Waals surface area (Å²) in [4.78, 5) is 0. The van der Waals surface area contributed by atoms with Crippen LogP contribution in [0.3, 0.4) is 0 Å². The molecule has 0 spiro atoms. The lowest BCUT2D eigenvalue weighted by atomic mass is 9.72. The second-order valence-electron chi connectivity index (χ2n) is 6.58. The summed E-state index contributed by atoms with van der Waals surface area (Å²) in [6, 6.07) is 0.798. The molecule has 0 radical (unpaired) electrons. The van der Waals surface area contributed by atoms with Gasteiger partial charge in [-0.15, -0.1) is 0 Å². The zero-order valence-electron chi connectivity index (χ0n) is 13.2. The maximum Gasteiger partial charge on any atom is 0.00954 e. The molecule has 0 amide bonds. The first-order chi connectivity index (χ1) is 8.69. The highest BCUT2D eigenvalue weighted by Crippen LogP contribution is 2.36. The van der Waals surface area contributed by atoms with E-state index in [2.05, 4.69) is 33.0 Å². The van der Waals surface area contributed by atoms with Crippen molar-refractivity contribution >= 4 is 0 Å². The van der Waals surface area contributed by atoms with E-state index in [4.69, 9.17) is 0 Å². The maximum absolute atomic E-state index is 3.83. The first kappa shape index (κ1) is 16.0. The van der Waals surface area contributed by atoms with Gasteiger partial charge in [0.05, 0.1) is 0 Å². The van der Waals surface area contributed by atoms with Crippen molar-refractivity contribution in [1.82, 2.24) is 5.32 Å². The molecule has 1 fully saturated rings. The molecule has 1 rings (SSSR count). The van der Waals surface area contributed by atoms with E-state index in [-0.39, 0.29) is 0 Å². The molecule has 108 valence electrons. The molecule has 0 bridgehead atoms. The Hall–Kier alpha value is -0.0400. The SMILES string of the molecule is CCCCCC(NCCC)C1CCC(C)C(C)C1. The summed E-state index contributed by atoms with van der Waals surface area (Å²) in [5.41, 5.74) is 0. The number of unbranched alkanes of at least 4 members (excludes halogenated alkanes) is 2. The summed E-state index contributed by atoms with van der Waals surface area (Å²) in [7, 11) is 0. The minimum Gasteiger partial charge on any atom is -0.314 e. The van der Waals surface area contributed by atoms with E-state index in [9.17, 15) is 0 Å². The average Bonchev–Trinajstić information content (AvgIpc) is 2.37. The van der Waals surface area contributed by atoms with Crippen molar-refractivity contribution in [3.8, 4) is 0 Å². The van der Waals surface area contributed by atoms with Crippen molar-refractivity contribution in [1.29, 1.82) is 0 Å². The van der Waals surface area contributed by atoms with E-state index >= 15 is 0 Å². The third-order valence-corrected chi connectivity index (χ3v) is 4.98. The van der Waals surface area contributed by atoms with Gasteiger partial charge in [-0.05, 0) is 50.0 Å². The molecule has 1 saturated carbocycles. The molecule has 4 unspecified atom stereocenters. The van der Waals surface area contributed by atoms with Crippen molar-refractivity contribution in [3.05, 3.63) is 0 Å². The van der Waals surface area contributed by atoms with Gasteiger partial charge in [0, 0.05) is 6.04 Å². The van der Waals surface area contributed by atoms with Gasteiger partial charge in [-0.1, -0.05) is 53.4 Å². The average molecular weight is 253 g/mol. The molecule has 1 nitrogen and oxygen atoms in total. The zero-order valence-corrected chi connectivity index (χ0v) is 13.2. The van der Waals surface area contributed by atoms with Crippen LogP contribution < -0.4 is 5.32 Å². The summed E-state index contributed by atoms with van der Waals surface area (Å²) in [6.07, 6.45) is 11.2. The minimum absolute atomic E-state index is 0.798. The molecular weight excluding hydrogens is 218 g/mol. The summed E-state index contributed by atoms with van der Waals surface area (Å²) in [5, 5.41) is 3.83. The second-order valence-corrected chi connectivity index (χ2v) is 6.58. The van der Waals surface area contributed by atoms with Gasteiger partial charge >= 0.3 is 0 Å². The largest absolute Gasteiger partial charge is 0.314 e. The van der Waals surface area contributed by atoms with Crippen LogP contribution in [0.4, 0.5) is 0 Å². The van der Waals surface area contributed by atoms with Gasteiger partial charge in [-0.3, -0.25) is 0 Å². The summed E-state index contributed by atoms with van der Waals surface area (Å²) < 4.78 is 0. The first-order valence-corrected chi connectivity index (χ1v) is 8.42. The summed E-state index contributed by atoms with van der Waals surface area (Å²) >= 11 is 0. The Morgan fingerprint density at radius 2 is 1.78 bits per heavy atom. The van der Waals surface area contributed by atoms with E-state index in [1.165, 1.54) is 57.9 Å². The molecule has 0 saturated heterocycles. The van der Waals surface area contributed by atoms with Gasteiger partial charge < -0.3 is 5.32 Å². The van der Waals surface area contributed by atoms with Crippen molar-refractivity contribution in [2.45, 2.75) is 85.1 Å². The summed E-state index contributed by atoms with van der Waals surface area (Å²) in [5.74, 6) is 2.82. The van der Waals surface area contributed by atoms with Gasteiger partial charge in [0.15, 0.2) is 0 Å². The summed E-state index contributed by atoms with van der Waals surface area (Å²) in [6.45, 7) is 10.7. The van der Waals surface area contributed by atoms with E-state index in [1.807, 2.05) is 0 Å². The van der Waals surface area contributed by atoms with E-state index in [0.717, 1.165) is 23.8 Å². The molecule has 1 heteroatoms. The molecule has 1 aliphatic rings. The van der Waals surface area contributed by atoms with Crippen molar-refractivity contribution in [3.63, 3.8) is 0 Å². The molecular formula is C17H35N. The lowest BCUT2D eigenvalue weighted by Gasteiger charge is -2.37. The highest BCUT2D eigenvalue weighted by Gasteiger charge is 2.29. The van der Waals surface area contributed by atoms with Gasteiger partial charge in [0.25, 0.3) is 0 Å². The van der Waals surface area contributed by atoms with Crippen LogP contribution in [0.5, 0.6) is 0 Å². The van der Waals surface area contributed by atoms with Crippen LogP contribution in [-0.2, 0) is 0 Å². The Morgan fingerprint density at radius 3 is 2.39 bits per heavy atom. The highest BCUT2D eigenvalue weighted by molar-refractivity contribution is 4.83. The van der Waals surface area contributed by atoms with Crippen LogP contribution in [0.15, 0.2) is 0 Å². The fourth-order valence-electron chi connectivity index (χ4n) is 3.40. The molecule has 1 aliphatic carbocycles. The molecule has 0 aromatic rings. The maximum atomic E-state index is 3.83. The number of hydrogen-bond acceptors (Lipinski definition) is 1. The van der Waals surface area contributed by atoms with Crippen LogP contribution in [0.2, 0.25) is 0 Å². The fraction of sp³-hybridized carbons (Fsp3) is 1.00. The lowest BCUT2D eigenvalue weighted by molar-refractivity contribution is 0.164. The van der Waals surface area contributed by atoms with Crippen molar-refractivity contribution < 1.29 is 0 Å². The standard InChI is InChI=1S/C17H35N/c1-5-7-8-9-17(18-12-6-2)16-11-10-14(3)15(4)13-16/h14-18H,5-13H2,1-4H3. The molecule has 0 aromatic carbocycles. The second kappa shape index (κ2) is 8.96. The zero-order chi connectivity index (χ0) is 13.4. The molecule has 0 aliphatic heterocycles. The van der Waals surface area contributed by atoms with E-state index in [1.54, 1.807) is 0 Å². The Balaban J connectivity index is 2.42. The molecule has 0 heterocycles. The number of hydrogen-bond donors (Lipinski definition) is 1. The predicted molar refractivity (Wildman–Crippen MR) is 81.9 cm³/mol. The Kier molecular flexibility index (Phi) is 7.97. The molecule has 4 atom stereocenters. The molecule has 0 aromatic heterocycles. The lowest BCUT2D eigenvalue weighted by Crippen LogP contribution is -2.40. The van der Waals surface area contributed by atoms with Gasteiger partial charge in [0.2, 0.25) is 0 Å². The minimum atomic E-state index is 0.798. The smallest absolute Gasteiger partial charge is 0.00954 e. The van der Waals surface area contributed by atoms with Crippen LogP contribution in [-0.4, -0.2) is 12.6 Å². The third-order valence-electron chi connectivity index (χ3n) is 4.98. The first-order valence-electron chi connectivity index (χ1n) is 8.42. The third kappa shape index (κ3) is 5.30. The van der Waals surface area contributed by atoms with Crippen LogP contribution >= 0.6 is 0 Å². The predicted octanol–water partition coefficient (Wildman–Crippen LogP) is 5.01. The van der Waals surface area contributed by atoms with Crippen LogP contribution in [0, 0.1) is 17.8 Å². The van der Waals surface area contributed by atoms with Gasteiger partial charge in [-0.25, -0.2) is 0 Å².